The molecule has 1 saturated heterocycles. The van der Waals surface area contributed by atoms with Crippen molar-refractivity contribution in [3.63, 3.8) is 0 Å². The van der Waals surface area contributed by atoms with E-state index in [4.69, 9.17) is 23.4 Å². The molecule has 0 saturated carbocycles. The van der Waals surface area contributed by atoms with Crippen molar-refractivity contribution in [2.24, 2.45) is 0 Å². The number of aromatic nitrogens is 2. The topological polar surface area (TPSA) is 101 Å². The van der Waals surface area contributed by atoms with E-state index in [1.807, 2.05) is 79.7 Å². The zero-order chi connectivity index (χ0) is 34.9. The normalized spacial score (nSPS) is 17.6. The van der Waals surface area contributed by atoms with Gasteiger partial charge in [-0.2, -0.15) is 0 Å². The van der Waals surface area contributed by atoms with Crippen molar-refractivity contribution in [3.05, 3.63) is 122 Å². The maximum absolute atomic E-state index is 12.7. The minimum absolute atomic E-state index is 0.0646. The predicted molar refractivity (Wildman–Crippen MR) is 190 cm³/mol. The summed E-state index contributed by atoms with van der Waals surface area (Å²) in [6, 6.07) is 24.0. The largest absolute Gasteiger partial charge is 0.541 e. The average molecular weight is 673 g/mol. The molecule has 1 aromatic heterocycles. The lowest BCUT2D eigenvalue weighted by atomic mass is 9.79. The van der Waals surface area contributed by atoms with Gasteiger partial charge < -0.3 is 23.4 Å². The maximum atomic E-state index is 12.7. The van der Waals surface area contributed by atoms with E-state index in [0.717, 1.165) is 16.7 Å². The van der Waals surface area contributed by atoms with E-state index in [0.29, 0.717) is 35.7 Å². The third-order valence-electron chi connectivity index (χ3n) is 9.75. The molecule has 9 nitrogen and oxygen atoms in total. The molecule has 0 spiro atoms. The van der Waals surface area contributed by atoms with Gasteiger partial charge in [-0.05, 0) is 62.0 Å². The van der Waals surface area contributed by atoms with E-state index in [1.54, 1.807) is 27.3 Å². The molecule has 0 aliphatic carbocycles. The molecular formula is C38H48N2O7Si. The number of ether oxygens (including phenoxy) is 4. The van der Waals surface area contributed by atoms with Crippen molar-refractivity contribution in [1.82, 2.24) is 9.55 Å². The number of benzene rings is 3. The highest BCUT2D eigenvalue weighted by Crippen LogP contribution is 2.52. The first-order valence-corrected chi connectivity index (χ1v) is 19.3. The number of methoxy groups -OCH3 is 2. The molecule has 1 unspecified atom stereocenters. The quantitative estimate of drug-likeness (QED) is 0.132. The number of hydrogen-bond donors (Lipinski definition) is 1. The Bertz CT molecular complexity index is 1790. The lowest BCUT2D eigenvalue weighted by Gasteiger charge is -2.41. The Kier molecular flexibility index (Phi) is 10.1. The van der Waals surface area contributed by atoms with Gasteiger partial charge in [0.1, 0.15) is 17.6 Å². The van der Waals surface area contributed by atoms with Gasteiger partial charge in [0.25, 0.3) is 13.9 Å². The van der Waals surface area contributed by atoms with E-state index in [1.165, 1.54) is 4.57 Å². The van der Waals surface area contributed by atoms with Crippen LogP contribution in [0.2, 0.25) is 18.1 Å². The van der Waals surface area contributed by atoms with Crippen molar-refractivity contribution in [2.75, 3.05) is 14.2 Å². The second kappa shape index (κ2) is 13.8. The summed E-state index contributed by atoms with van der Waals surface area (Å²) in [7, 11) is 0.978. The Labute approximate surface area is 283 Å². The Morgan fingerprint density at radius 3 is 2.06 bits per heavy atom. The van der Waals surface area contributed by atoms with E-state index < -0.39 is 37.5 Å². The van der Waals surface area contributed by atoms with Gasteiger partial charge in [-0.25, -0.2) is 4.79 Å². The van der Waals surface area contributed by atoms with Gasteiger partial charge in [-0.3, -0.25) is 14.3 Å². The van der Waals surface area contributed by atoms with Crippen LogP contribution in [-0.4, -0.2) is 44.3 Å². The van der Waals surface area contributed by atoms with Crippen molar-refractivity contribution in [3.8, 4) is 17.2 Å². The number of aryl methyl sites for hydroxylation is 1. The van der Waals surface area contributed by atoms with E-state index >= 15 is 0 Å². The molecule has 10 heteroatoms. The second-order valence-electron chi connectivity index (χ2n) is 14.0. The molecule has 3 atom stereocenters. The lowest BCUT2D eigenvalue weighted by Crippen LogP contribution is -2.44. The van der Waals surface area contributed by atoms with Crippen LogP contribution >= 0.6 is 0 Å². The summed E-state index contributed by atoms with van der Waals surface area (Å²) in [6.45, 7) is 14.7. The number of aromatic amines is 1. The highest BCUT2D eigenvalue weighted by molar-refractivity contribution is 6.74. The zero-order valence-electron chi connectivity index (χ0n) is 29.5. The monoisotopic (exact) mass is 672 g/mol. The number of nitrogens with one attached hydrogen (secondary N) is 1. The Morgan fingerprint density at radius 2 is 1.52 bits per heavy atom. The van der Waals surface area contributed by atoms with Crippen LogP contribution in [0.15, 0.2) is 88.6 Å². The molecule has 1 N–H and O–H groups in total. The highest BCUT2D eigenvalue weighted by Gasteiger charge is 2.46. The van der Waals surface area contributed by atoms with Crippen LogP contribution < -0.4 is 25.1 Å². The van der Waals surface area contributed by atoms with Crippen LogP contribution in [0.3, 0.4) is 0 Å². The SMILES string of the molecule is COc1cc(O[Si](C)(C)C(C)(C)C)c(OC)c(C(OC(C)[C@@H]2CC[C@H](n3cc(C)c(=O)[nH]c3=O)O2)(c2ccccc2)c2ccccc2)c1. The molecule has 2 heterocycles. The van der Waals surface area contributed by atoms with Crippen LogP contribution in [0, 0.1) is 6.92 Å². The Balaban J connectivity index is 1.68. The summed E-state index contributed by atoms with van der Waals surface area (Å²) in [6.07, 6.45) is 1.42. The summed E-state index contributed by atoms with van der Waals surface area (Å²) in [5, 5.41) is -0.0646. The standard InChI is InChI=1S/C38H48N2O7Si/c1-25-24-40(36(42)39-35(25)41)33-21-20-31(45-33)26(2)46-38(27-16-12-10-13-17-27,28-18-14-11-15-19-28)30-22-29(43-6)23-32(34(30)44-7)47-48(8,9)37(3,4)5/h10-19,22-24,26,31,33H,20-21H2,1-9H3,(H,39,41,42)/t26?,31-,33+/m0/s1. The molecule has 0 radical (unpaired) electrons. The molecule has 0 amide bonds. The minimum atomic E-state index is -2.32. The smallest absolute Gasteiger partial charge is 0.330 e. The first-order valence-electron chi connectivity index (χ1n) is 16.4. The van der Waals surface area contributed by atoms with Gasteiger partial charge in [0, 0.05) is 23.4 Å². The molecule has 5 rings (SSSR count). The molecule has 1 fully saturated rings. The molecule has 256 valence electrons. The molecule has 4 aromatic rings. The summed E-state index contributed by atoms with van der Waals surface area (Å²) in [5.41, 5.74) is 0.846. The Morgan fingerprint density at radius 1 is 0.917 bits per heavy atom. The van der Waals surface area contributed by atoms with Gasteiger partial charge in [-0.1, -0.05) is 81.4 Å². The number of rotatable bonds is 11. The van der Waals surface area contributed by atoms with E-state index in [9.17, 15) is 9.59 Å². The second-order valence-corrected chi connectivity index (χ2v) is 18.7. The maximum Gasteiger partial charge on any atom is 0.330 e. The molecular weight excluding hydrogens is 625 g/mol. The molecule has 0 bridgehead atoms. The minimum Gasteiger partial charge on any atom is -0.541 e. The summed E-state index contributed by atoms with van der Waals surface area (Å²) in [5.74, 6) is 1.76. The summed E-state index contributed by atoms with van der Waals surface area (Å²) < 4.78 is 34.4. The van der Waals surface area contributed by atoms with Gasteiger partial charge in [0.2, 0.25) is 0 Å². The predicted octanol–water partition coefficient (Wildman–Crippen LogP) is 7.32. The molecule has 3 aromatic carbocycles. The van der Waals surface area contributed by atoms with Gasteiger partial charge in [-0.15, -0.1) is 0 Å². The fourth-order valence-electron chi connectivity index (χ4n) is 6.04. The molecule has 48 heavy (non-hydrogen) atoms. The van der Waals surface area contributed by atoms with Gasteiger partial charge in [0.15, 0.2) is 11.5 Å². The van der Waals surface area contributed by atoms with Gasteiger partial charge >= 0.3 is 5.69 Å². The fourth-order valence-corrected chi connectivity index (χ4v) is 7.05. The van der Waals surface area contributed by atoms with Crippen LogP contribution in [0.25, 0.3) is 0 Å². The molecule has 1 aliphatic heterocycles. The van der Waals surface area contributed by atoms with E-state index in [-0.39, 0.29) is 11.1 Å². The fraction of sp³-hybridized carbons (Fsp3) is 0.421. The first-order chi connectivity index (χ1) is 22.7. The van der Waals surface area contributed by atoms with Crippen molar-refractivity contribution < 1.29 is 23.4 Å². The van der Waals surface area contributed by atoms with Crippen LogP contribution in [0.4, 0.5) is 0 Å². The van der Waals surface area contributed by atoms with Gasteiger partial charge in [0.05, 0.1) is 26.4 Å². The van der Waals surface area contributed by atoms with Crippen molar-refractivity contribution >= 4 is 8.32 Å². The third kappa shape index (κ3) is 6.74. The molecule has 1 aliphatic rings. The number of H-pyrrole nitrogens is 1. The zero-order valence-corrected chi connectivity index (χ0v) is 30.5. The Hall–Kier alpha value is -4.12. The average Bonchev–Trinajstić information content (AvgIpc) is 3.55. The van der Waals surface area contributed by atoms with Crippen LogP contribution in [-0.2, 0) is 15.1 Å². The van der Waals surface area contributed by atoms with Crippen molar-refractivity contribution in [1.29, 1.82) is 0 Å². The highest BCUT2D eigenvalue weighted by atomic mass is 28.4. The van der Waals surface area contributed by atoms with Crippen molar-refractivity contribution in [2.45, 2.75) is 89.6 Å². The van der Waals surface area contributed by atoms with Crippen LogP contribution in [0.1, 0.15) is 69.0 Å². The number of hydrogen-bond acceptors (Lipinski definition) is 7. The van der Waals surface area contributed by atoms with Crippen LogP contribution in [0.5, 0.6) is 17.2 Å². The summed E-state index contributed by atoms with van der Waals surface area (Å²) in [4.78, 5) is 27.1. The lowest BCUT2D eigenvalue weighted by molar-refractivity contribution is -0.122. The third-order valence-corrected chi connectivity index (χ3v) is 14.1. The van der Waals surface area contributed by atoms with E-state index in [2.05, 4.69) is 38.8 Å². The first kappa shape index (κ1) is 35.2. The number of nitrogens with zero attached hydrogens (tertiary/aromatic N) is 1. The summed E-state index contributed by atoms with van der Waals surface area (Å²) >= 11 is 0.